The van der Waals surface area contributed by atoms with E-state index in [-0.39, 0.29) is 0 Å². The van der Waals surface area contributed by atoms with Crippen LogP contribution in [-0.2, 0) is 17.6 Å². The third kappa shape index (κ3) is 4.91. The summed E-state index contributed by atoms with van der Waals surface area (Å²) in [6, 6.07) is 6.80. The number of hydrogen-bond donors (Lipinski definition) is 1. The van der Waals surface area contributed by atoms with Crippen LogP contribution in [0.2, 0.25) is 0 Å². The lowest BCUT2D eigenvalue weighted by Crippen LogP contribution is -2.44. The van der Waals surface area contributed by atoms with Crippen molar-refractivity contribution in [2.45, 2.75) is 57.8 Å². The maximum absolute atomic E-state index is 12.8. The van der Waals surface area contributed by atoms with Gasteiger partial charge in [0.1, 0.15) is 0 Å². The van der Waals surface area contributed by atoms with Crippen LogP contribution in [-0.4, -0.2) is 50.1 Å². The Bertz CT molecular complexity index is 633. The lowest BCUT2D eigenvalue weighted by molar-refractivity contribution is -0.118. The number of carbonyl (C=O) groups excluding carboxylic acids is 1. The summed E-state index contributed by atoms with van der Waals surface area (Å²) in [4.78, 5) is 17.4. The van der Waals surface area contributed by atoms with Crippen molar-refractivity contribution in [1.29, 1.82) is 0 Å². The number of benzene rings is 1. The molecule has 0 unspecified atom stereocenters. The lowest BCUT2D eigenvalue weighted by Gasteiger charge is -2.27. The topological polar surface area (TPSA) is 35.6 Å². The third-order valence-corrected chi connectivity index (χ3v) is 6.76. The zero-order valence-corrected chi connectivity index (χ0v) is 16.7. The Kier molecular flexibility index (Phi) is 6.46. The highest BCUT2D eigenvalue weighted by molar-refractivity contribution is 5.95. The molecule has 4 heteroatoms. The molecule has 148 valence electrons. The molecule has 0 radical (unpaired) electrons. The molecule has 1 aliphatic carbocycles. The van der Waals surface area contributed by atoms with Gasteiger partial charge >= 0.3 is 0 Å². The van der Waals surface area contributed by atoms with Crippen LogP contribution in [0.3, 0.4) is 0 Å². The summed E-state index contributed by atoms with van der Waals surface area (Å²) in [7, 11) is 0. The SMILES string of the molecule is O=C(CCC1CCCCC1)N1CCc2cc(CCN3CCNCC3)ccc21. The van der Waals surface area contributed by atoms with Crippen LogP contribution in [0.1, 0.15) is 56.1 Å². The second kappa shape index (κ2) is 9.20. The van der Waals surface area contributed by atoms with Gasteiger partial charge in [-0.05, 0) is 42.4 Å². The van der Waals surface area contributed by atoms with Gasteiger partial charge in [-0.1, -0.05) is 44.2 Å². The molecule has 1 aromatic rings. The van der Waals surface area contributed by atoms with E-state index in [1.807, 2.05) is 0 Å². The summed E-state index contributed by atoms with van der Waals surface area (Å²) in [6.45, 7) is 6.57. The Morgan fingerprint density at radius 1 is 1.07 bits per heavy atom. The molecular formula is C23H35N3O. The van der Waals surface area contributed by atoms with Gasteiger partial charge in [0, 0.05) is 51.4 Å². The van der Waals surface area contributed by atoms with Crippen LogP contribution in [0.4, 0.5) is 5.69 Å². The van der Waals surface area contributed by atoms with Crippen molar-refractivity contribution in [1.82, 2.24) is 10.2 Å². The molecule has 0 bridgehead atoms. The maximum atomic E-state index is 12.8. The first-order valence-corrected chi connectivity index (χ1v) is 11.1. The van der Waals surface area contributed by atoms with Gasteiger partial charge in [-0.25, -0.2) is 0 Å². The molecule has 1 aromatic carbocycles. The highest BCUT2D eigenvalue weighted by atomic mass is 16.2. The van der Waals surface area contributed by atoms with Crippen molar-refractivity contribution >= 4 is 11.6 Å². The predicted octanol–water partition coefficient (Wildman–Crippen LogP) is 3.38. The number of carbonyl (C=O) groups is 1. The Labute approximate surface area is 164 Å². The van der Waals surface area contributed by atoms with Gasteiger partial charge in [-0.15, -0.1) is 0 Å². The first kappa shape index (κ1) is 18.9. The molecule has 2 aliphatic heterocycles. The Hall–Kier alpha value is -1.39. The molecule has 1 N–H and O–H groups in total. The summed E-state index contributed by atoms with van der Waals surface area (Å²) in [6.07, 6.45) is 10.7. The fraction of sp³-hybridized carbons (Fsp3) is 0.696. The van der Waals surface area contributed by atoms with E-state index in [4.69, 9.17) is 0 Å². The van der Waals surface area contributed by atoms with E-state index >= 15 is 0 Å². The highest BCUT2D eigenvalue weighted by Crippen LogP contribution is 2.32. The zero-order valence-electron chi connectivity index (χ0n) is 16.7. The molecule has 0 aromatic heterocycles. The fourth-order valence-corrected chi connectivity index (χ4v) is 5.03. The minimum atomic E-state index is 0.341. The molecule has 0 spiro atoms. The van der Waals surface area contributed by atoms with Crippen molar-refractivity contribution < 1.29 is 4.79 Å². The normalized spacial score (nSPS) is 21.4. The zero-order chi connectivity index (χ0) is 18.5. The Morgan fingerprint density at radius 2 is 1.89 bits per heavy atom. The average Bonchev–Trinajstić information content (AvgIpc) is 3.15. The molecule has 0 atom stereocenters. The second-order valence-corrected chi connectivity index (χ2v) is 8.64. The van der Waals surface area contributed by atoms with E-state index in [0.717, 1.165) is 70.9 Å². The van der Waals surface area contributed by atoms with Gasteiger partial charge in [0.05, 0.1) is 0 Å². The monoisotopic (exact) mass is 369 g/mol. The lowest BCUT2D eigenvalue weighted by atomic mass is 9.86. The Balaban J connectivity index is 1.29. The smallest absolute Gasteiger partial charge is 0.227 e. The number of piperazine rings is 1. The van der Waals surface area contributed by atoms with Gasteiger partial charge < -0.3 is 15.1 Å². The molecule has 1 saturated carbocycles. The van der Waals surface area contributed by atoms with Crippen LogP contribution < -0.4 is 10.2 Å². The molecule has 2 heterocycles. The first-order chi connectivity index (χ1) is 13.3. The molecular weight excluding hydrogens is 334 g/mol. The van der Waals surface area contributed by atoms with E-state index in [2.05, 4.69) is 33.3 Å². The summed E-state index contributed by atoms with van der Waals surface area (Å²) >= 11 is 0. The highest BCUT2D eigenvalue weighted by Gasteiger charge is 2.25. The van der Waals surface area contributed by atoms with E-state index in [1.54, 1.807) is 0 Å². The predicted molar refractivity (Wildman–Crippen MR) is 111 cm³/mol. The molecule has 1 saturated heterocycles. The number of nitrogens with one attached hydrogen (secondary N) is 1. The van der Waals surface area contributed by atoms with E-state index in [0.29, 0.717) is 5.91 Å². The minimum absolute atomic E-state index is 0.341. The quantitative estimate of drug-likeness (QED) is 0.835. The van der Waals surface area contributed by atoms with Crippen LogP contribution in [0.5, 0.6) is 0 Å². The van der Waals surface area contributed by atoms with Crippen LogP contribution in [0, 0.1) is 5.92 Å². The maximum Gasteiger partial charge on any atom is 0.227 e. The molecule has 3 aliphatic rings. The van der Waals surface area contributed by atoms with E-state index in [1.165, 1.54) is 48.9 Å². The van der Waals surface area contributed by atoms with E-state index in [9.17, 15) is 4.79 Å². The van der Waals surface area contributed by atoms with Crippen molar-refractivity contribution in [2.24, 2.45) is 5.92 Å². The number of nitrogens with zero attached hydrogens (tertiary/aromatic N) is 2. The van der Waals surface area contributed by atoms with Gasteiger partial charge in [0.25, 0.3) is 0 Å². The summed E-state index contributed by atoms with van der Waals surface area (Å²) in [5.74, 6) is 1.13. The fourth-order valence-electron chi connectivity index (χ4n) is 5.03. The number of hydrogen-bond acceptors (Lipinski definition) is 3. The van der Waals surface area contributed by atoms with Crippen molar-refractivity contribution in [3.8, 4) is 0 Å². The average molecular weight is 370 g/mol. The molecule has 4 nitrogen and oxygen atoms in total. The molecule has 27 heavy (non-hydrogen) atoms. The molecule has 1 amide bonds. The standard InChI is InChI=1S/C23H35N3O/c27-23(9-7-19-4-2-1-3-5-19)26-15-11-21-18-20(6-8-22(21)26)10-14-25-16-12-24-13-17-25/h6,8,18-19,24H,1-5,7,9-17H2. The largest absolute Gasteiger partial charge is 0.314 e. The summed E-state index contributed by atoms with van der Waals surface area (Å²) in [5.41, 5.74) is 3.97. The number of rotatable bonds is 6. The first-order valence-electron chi connectivity index (χ1n) is 11.1. The van der Waals surface area contributed by atoms with Gasteiger partial charge in [0.15, 0.2) is 0 Å². The number of fused-ring (bicyclic) bond motifs is 1. The van der Waals surface area contributed by atoms with Gasteiger partial charge in [0.2, 0.25) is 5.91 Å². The molecule has 2 fully saturated rings. The van der Waals surface area contributed by atoms with Crippen LogP contribution >= 0.6 is 0 Å². The van der Waals surface area contributed by atoms with Crippen LogP contribution in [0.15, 0.2) is 18.2 Å². The summed E-state index contributed by atoms with van der Waals surface area (Å²) < 4.78 is 0. The summed E-state index contributed by atoms with van der Waals surface area (Å²) in [5, 5.41) is 3.41. The minimum Gasteiger partial charge on any atom is -0.314 e. The van der Waals surface area contributed by atoms with E-state index < -0.39 is 0 Å². The van der Waals surface area contributed by atoms with Crippen LogP contribution in [0.25, 0.3) is 0 Å². The van der Waals surface area contributed by atoms with Crippen molar-refractivity contribution in [2.75, 3.05) is 44.2 Å². The third-order valence-electron chi connectivity index (χ3n) is 6.76. The Morgan fingerprint density at radius 3 is 2.70 bits per heavy atom. The number of amides is 1. The number of anilines is 1. The van der Waals surface area contributed by atoms with Crippen molar-refractivity contribution in [3.63, 3.8) is 0 Å². The van der Waals surface area contributed by atoms with Gasteiger partial charge in [-0.3, -0.25) is 4.79 Å². The molecule has 4 rings (SSSR count). The van der Waals surface area contributed by atoms with Gasteiger partial charge in [-0.2, -0.15) is 0 Å². The second-order valence-electron chi connectivity index (χ2n) is 8.64. The van der Waals surface area contributed by atoms with Crippen molar-refractivity contribution in [3.05, 3.63) is 29.3 Å².